The van der Waals surface area contributed by atoms with E-state index in [1.165, 1.54) is 19.3 Å². The predicted octanol–water partition coefficient (Wildman–Crippen LogP) is 3.40. The number of likely N-dealkylation sites (tertiary alicyclic amines) is 2. The van der Waals surface area contributed by atoms with Gasteiger partial charge in [0, 0.05) is 19.1 Å². The van der Waals surface area contributed by atoms with E-state index in [2.05, 4.69) is 37.1 Å². The SMILES string of the molecule is C=C(OC(C)(C)C)N1CCC2(CC(N3CCC(C(=O)OCC)CC3)C2)C1. The van der Waals surface area contributed by atoms with Crippen LogP contribution in [0.3, 0.4) is 0 Å². The summed E-state index contributed by atoms with van der Waals surface area (Å²) in [5.74, 6) is 0.939. The fourth-order valence-electron chi connectivity index (χ4n) is 4.86. The van der Waals surface area contributed by atoms with Crippen LogP contribution in [0, 0.1) is 11.3 Å². The number of esters is 1. The lowest BCUT2D eigenvalue weighted by molar-refractivity contribution is -0.150. The maximum absolute atomic E-state index is 11.9. The van der Waals surface area contributed by atoms with Crippen molar-refractivity contribution in [2.45, 2.75) is 71.4 Å². The second kappa shape index (κ2) is 7.41. The average molecular weight is 365 g/mol. The van der Waals surface area contributed by atoms with Crippen molar-refractivity contribution in [2.75, 3.05) is 32.8 Å². The molecule has 3 fully saturated rings. The molecule has 5 heteroatoms. The summed E-state index contributed by atoms with van der Waals surface area (Å²) >= 11 is 0. The van der Waals surface area contributed by atoms with Gasteiger partial charge in [0.2, 0.25) is 0 Å². The van der Waals surface area contributed by atoms with Crippen molar-refractivity contribution in [3.63, 3.8) is 0 Å². The van der Waals surface area contributed by atoms with Gasteiger partial charge < -0.3 is 19.3 Å². The Morgan fingerprint density at radius 1 is 1.19 bits per heavy atom. The fraction of sp³-hybridized carbons (Fsp3) is 0.857. The van der Waals surface area contributed by atoms with Crippen molar-refractivity contribution in [2.24, 2.45) is 11.3 Å². The number of carbonyl (C=O) groups excluding carboxylic acids is 1. The van der Waals surface area contributed by atoms with Gasteiger partial charge in [0.25, 0.3) is 0 Å². The molecule has 3 rings (SSSR count). The van der Waals surface area contributed by atoms with Crippen LogP contribution in [0.25, 0.3) is 0 Å². The maximum Gasteiger partial charge on any atom is 0.309 e. The van der Waals surface area contributed by atoms with E-state index < -0.39 is 0 Å². The molecular weight excluding hydrogens is 328 g/mol. The van der Waals surface area contributed by atoms with Gasteiger partial charge in [-0.2, -0.15) is 0 Å². The summed E-state index contributed by atoms with van der Waals surface area (Å²) in [5.41, 5.74) is 0.269. The van der Waals surface area contributed by atoms with Crippen molar-refractivity contribution in [1.82, 2.24) is 9.80 Å². The zero-order valence-corrected chi connectivity index (χ0v) is 17.1. The Kier molecular flexibility index (Phi) is 5.57. The molecule has 1 aliphatic carbocycles. The first-order chi connectivity index (χ1) is 12.2. The Labute approximate surface area is 158 Å². The van der Waals surface area contributed by atoms with E-state index in [1.807, 2.05) is 6.92 Å². The van der Waals surface area contributed by atoms with Crippen molar-refractivity contribution >= 4 is 5.97 Å². The number of hydrogen-bond acceptors (Lipinski definition) is 5. The number of nitrogens with zero attached hydrogens (tertiary/aromatic N) is 2. The topological polar surface area (TPSA) is 42.0 Å². The van der Waals surface area contributed by atoms with Crippen LogP contribution in [0.4, 0.5) is 0 Å². The van der Waals surface area contributed by atoms with Gasteiger partial charge in [0.1, 0.15) is 5.60 Å². The first kappa shape index (κ1) is 19.5. The third-order valence-corrected chi connectivity index (χ3v) is 6.22. The third kappa shape index (κ3) is 4.36. The lowest BCUT2D eigenvalue weighted by atomic mass is 9.64. The molecule has 0 aromatic rings. The first-order valence-electron chi connectivity index (χ1n) is 10.2. The zero-order chi connectivity index (χ0) is 18.9. The highest BCUT2D eigenvalue weighted by molar-refractivity contribution is 5.72. The van der Waals surface area contributed by atoms with Crippen LogP contribution < -0.4 is 0 Å². The summed E-state index contributed by atoms with van der Waals surface area (Å²) in [6.07, 6.45) is 5.69. The van der Waals surface area contributed by atoms with E-state index in [-0.39, 0.29) is 17.5 Å². The summed E-state index contributed by atoms with van der Waals surface area (Å²) in [5, 5.41) is 0. The Bertz CT molecular complexity index is 526. The number of piperidine rings is 1. The standard InChI is InChI=1S/C21H36N2O3/c1-6-25-19(24)17-7-10-22(11-8-17)18-13-21(14-18)9-12-23(15-21)16(2)26-20(3,4)5/h17-18H,2,6-15H2,1,3-5H3. The summed E-state index contributed by atoms with van der Waals surface area (Å²) < 4.78 is 11.1. The highest BCUT2D eigenvalue weighted by Crippen LogP contribution is 2.51. The monoisotopic (exact) mass is 364 g/mol. The van der Waals surface area contributed by atoms with Crippen molar-refractivity contribution in [3.8, 4) is 0 Å². The third-order valence-electron chi connectivity index (χ3n) is 6.22. The molecule has 0 aromatic heterocycles. The van der Waals surface area contributed by atoms with Crippen LogP contribution in [0.5, 0.6) is 0 Å². The molecule has 3 aliphatic rings. The molecule has 148 valence electrons. The van der Waals surface area contributed by atoms with Gasteiger partial charge in [-0.1, -0.05) is 0 Å². The molecule has 0 unspecified atom stereocenters. The van der Waals surface area contributed by atoms with Crippen LogP contribution >= 0.6 is 0 Å². The maximum atomic E-state index is 11.9. The van der Waals surface area contributed by atoms with Gasteiger partial charge in [-0.15, -0.1) is 0 Å². The molecule has 0 N–H and O–H groups in total. The van der Waals surface area contributed by atoms with Crippen molar-refractivity contribution < 1.29 is 14.3 Å². The molecule has 2 aliphatic heterocycles. The normalized spacial score (nSPS) is 30.3. The van der Waals surface area contributed by atoms with Crippen molar-refractivity contribution in [3.05, 3.63) is 12.5 Å². The number of ether oxygens (including phenoxy) is 2. The molecule has 5 nitrogen and oxygen atoms in total. The lowest BCUT2D eigenvalue weighted by Gasteiger charge is -2.51. The Morgan fingerprint density at radius 2 is 1.85 bits per heavy atom. The average Bonchev–Trinajstić information content (AvgIpc) is 2.98. The first-order valence-corrected chi connectivity index (χ1v) is 10.2. The zero-order valence-electron chi connectivity index (χ0n) is 17.1. The molecule has 0 radical (unpaired) electrons. The highest BCUT2D eigenvalue weighted by atomic mass is 16.5. The van der Waals surface area contributed by atoms with Gasteiger partial charge in [-0.05, 0) is 84.9 Å². The van der Waals surface area contributed by atoms with E-state index in [0.717, 1.165) is 44.9 Å². The molecule has 2 heterocycles. The molecule has 1 spiro atoms. The highest BCUT2D eigenvalue weighted by Gasteiger charge is 2.51. The van der Waals surface area contributed by atoms with Gasteiger partial charge in [-0.3, -0.25) is 4.79 Å². The Balaban J connectivity index is 1.42. The summed E-state index contributed by atoms with van der Waals surface area (Å²) in [4.78, 5) is 16.8. The molecule has 26 heavy (non-hydrogen) atoms. The van der Waals surface area contributed by atoms with E-state index >= 15 is 0 Å². The summed E-state index contributed by atoms with van der Waals surface area (Å²) in [7, 11) is 0. The van der Waals surface area contributed by atoms with Crippen LogP contribution in [-0.2, 0) is 14.3 Å². The number of carbonyl (C=O) groups is 1. The predicted molar refractivity (Wildman–Crippen MR) is 103 cm³/mol. The van der Waals surface area contributed by atoms with Gasteiger partial charge in [0.05, 0.1) is 12.5 Å². The van der Waals surface area contributed by atoms with E-state index in [0.29, 0.717) is 18.1 Å². The summed E-state index contributed by atoms with van der Waals surface area (Å²) in [6, 6.07) is 0.690. The molecular formula is C21H36N2O3. The number of hydrogen-bond donors (Lipinski definition) is 0. The number of rotatable bonds is 5. The lowest BCUT2D eigenvalue weighted by Crippen LogP contribution is -2.54. The summed E-state index contributed by atoms with van der Waals surface area (Å²) in [6.45, 7) is 16.9. The minimum absolute atomic E-state index is 0.000949. The largest absolute Gasteiger partial charge is 0.474 e. The van der Waals surface area contributed by atoms with Crippen molar-refractivity contribution in [1.29, 1.82) is 0 Å². The second-order valence-corrected chi connectivity index (χ2v) is 9.40. The van der Waals surface area contributed by atoms with Gasteiger partial charge >= 0.3 is 5.97 Å². The minimum Gasteiger partial charge on any atom is -0.474 e. The van der Waals surface area contributed by atoms with Crippen LogP contribution in [0.2, 0.25) is 0 Å². The molecule has 0 bridgehead atoms. The van der Waals surface area contributed by atoms with Crippen LogP contribution in [0.1, 0.15) is 59.8 Å². The van der Waals surface area contributed by atoms with Gasteiger partial charge in [-0.25, -0.2) is 0 Å². The Morgan fingerprint density at radius 3 is 2.42 bits per heavy atom. The fourth-order valence-corrected chi connectivity index (χ4v) is 4.86. The quantitative estimate of drug-likeness (QED) is 0.552. The van der Waals surface area contributed by atoms with E-state index in [4.69, 9.17) is 9.47 Å². The Hall–Kier alpha value is -1.23. The molecule has 0 amide bonds. The molecule has 0 atom stereocenters. The van der Waals surface area contributed by atoms with Crippen LogP contribution in [0.15, 0.2) is 12.5 Å². The molecule has 1 saturated carbocycles. The van der Waals surface area contributed by atoms with Crippen LogP contribution in [-0.4, -0.2) is 60.2 Å². The molecule has 2 saturated heterocycles. The van der Waals surface area contributed by atoms with E-state index in [9.17, 15) is 4.79 Å². The second-order valence-electron chi connectivity index (χ2n) is 9.40. The smallest absolute Gasteiger partial charge is 0.309 e. The molecule has 0 aromatic carbocycles. The minimum atomic E-state index is -0.182. The van der Waals surface area contributed by atoms with E-state index in [1.54, 1.807) is 0 Å². The van der Waals surface area contributed by atoms with Gasteiger partial charge in [0.15, 0.2) is 5.88 Å².